The maximum atomic E-state index is 12.1. The number of carbonyl (C=O) groups excluding carboxylic acids is 2. The molecular weight excluding hydrogens is 280 g/mol. The van der Waals surface area contributed by atoms with Crippen LogP contribution in [0.2, 0.25) is 5.02 Å². The molecule has 6 heteroatoms. The number of ether oxygens (including phenoxy) is 1. The molecule has 0 saturated carbocycles. The summed E-state index contributed by atoms with van der Waals surface area (Å²) in [6, 6.07) is 4.57. The molecule has 0 radical (unpaired) electrons. The zero-order chi connectivity index (χ0) is 14.5. The van der Waals surface area contributed by atoms with E-state index in [9.17, 15) is 9.59 Å². The van der Waals surface area contributed by atoms with Gasteiger partial charge in [-0.15, -0.1) is 0 Å². The summed E-state index contributed by atoms with van der Waals surface area (Å²) in [6.07, 6.45) is 2.96. The minimum atomic E-state index is -0.526. The van der Waals surface area contributed by atoms with E-state index in [1.807, 2.05) is 0 Å². The Morgan fingerprint density at radius 1 is 1.40 bits per heavy atom. The standard InChI is InChI=1S/C14H17ClN2O3/c1-20-14(19)10-8-9(5-6-11(10)15)17-13(18)12-4-2-3-7-16-12/h5-6,8,12,16H,2-4,7H2,1H3,(H,17,18)/t12-/m1/s1. The van der Waals surface area contributed by atoms with E-state index in [0.29, 0.717) is 10.7 Å². The topological polar surface area (TPSA) is 67.4 Å². The molecule has 0 spiro atoms. The van der Waals surface area contributed by atoms with Crippen LogP contribution in [0.3, 0.4) is 0 Å². The summed E-state index contributed by atoms with van der Waals surface area (Å²) in [7, 11) is 1.29. The number of nitrogens with one attached hydrogen (secondary N) is 2. The van der Waals surface area contributed by atoms with Gasteiger partial charge in [0.25, 0.3) is 0 Å². The van der Waals surface area contributed by atoms with Gasteiger partial charge in [-0.25, -0.2) is 4.79 Å². The molecular formula is C14H17ClN2O3. The summed E-state index contributed by atoms with van der Waals surface area (Å²) < 4.78 is 4.64. The predicted octanol–water partition coefficient (Wildman–Crippen LogP) is 2.21. The third-order valence-corrected chi connectivity index (χ3v) is 3.60. The molecule has 0 unspecified atom stereocenters. The van der Waals surface area contributed by atoms with Crippen molar-refractivity contribution in [3.05, 3.63) is 28.8 Å². The first-order valence-electron chi connectivity index (χ1n) is 6.54. The van der Waals surface area contributed by atoms with Gasteiger partial charge in [0.1, 0.15) is 0 Å². The lowest BCUT2D eigenvalue weighted by Crippen LogP contribution is -2.43. The highest BCUT2D eigenvalue weighted by Gasteiger charge is 2.21. The van der Waals surface area contributed by atoms with Gasteiger partial charge < -0.3 is 15.4 Å². The van der Waals surface area contributed by atoms with Gasteiger partial charge in [-0.1, -0.05) is 18.0 Å². The van der Waals surface area contributed by atoms with Crippen LogP contribution >= 0.6 is 11.6 Å². The quantitative estimate of drug-likeness (QED) is 0.839. The third kappa shape index (κ3) is 3.49. The van der Waals surface area contributed by atoms with Gasteiger partial charge in [-0.3, -0.25) is 4.79 Å². The lowest BCUT2D eigenvalue weighted by Gasteiger charge is -2.22. The summed E-state index contributed by atoms with van der Waals surface area (Å²) in [5.74, 6) is -0.621. The number of hydrogen-bond acceptors (Lipinski definition) is 4. The van der Waals surface area contributed by atoms with Crippen LogP contribution < -0.4 is 10.6 Å². The van der Waals surface area contributed by atoms with Crippen molar-refractivity contribution in [3.8, 4) is 0 Å². The molecule has 0 bridgehead atoms. The number of hydrogen-bond donors (Lipinski definition) is 2. The van der Waals surface area contributed by atoms with Crippen LogP contribution in [0.25, 0.3) is 0 Å². The van der Waals surface area contributed by atoms with Crippen LogP contribution in [0, 0.1) is 0 Å². The van der Waals surface area contributed by atoms with Gasteiger partial charge in [0, 0.05) is 5.69 Å². The first-order valence-corrected chi connectivity index (χ1v) is 6.91. The minimum absolute atomic E-state index is 0.0946. The second-order valence-corrected chi connectivity index (χ2v) is 5.09. The van der Waals surface area contributed by atoms with Crippen molar-refractivity contribution in [2.45, 2.75) is 25.3 Å². The molecule has 1 fully saturated rings. The van der Waals surface area contributed by atoms with Gasteiger partial charge in [0.05, 0.1) is 23.7 Å². The summed E-state index contributed by atoms with van der Waals surface area (Å²) >= 11 is 5.93. The number of halogens is 1. The number of esters is 1. The Morgan fingerprint density at radius 2 is 2.20 bits per heavy atom. The largest absolute Gasteiger partial charge is 0.465 e. The first kappa shape index (κ1) is 14.8. The maximum absolute atomic E-state index is 12.1. The average molecular weight is 297 g/mol. The van der Waals surface area contributed by atoms with Gasteiger partial charge in [-0.2, -0.15) is 0 Å². The lowest BCUT2D eigenvalue weighted by molar-refractivity contribution is -0.118. The Hall–Kier alpha value is -1.59. The van der Waals surface area contributed by atoms with Gasteiger partial charge in [-0.05, 0) is 37.6 Å². The fourth-order valence-corrected chi connectivity index (χ4v) is 2.37. The molecule has 2 rings (SSSR count). The summed E-state index contributed by atoms with van der Waals surface area (Å²) in [5, 5.41) is 6.26. The number of methoxy groups -OCH3 is 1. The highest BCUT2D eigenvalue weighted by molar-refractivity contribution is 6.33. The predicted molar refractivity (Wildman–Crippen MR) is 77.1 cm³/mol. The summed E-state index contributed by atoms with van der Waals surface area (Å²) in [4.78, 5) is 23.6. The molecule has 1 aromatic rings. The average Bonchev–Trinajstić information content (AvgIpc) is 2.49. The maximum Gasteiger partial charge on any atom is 0.339 e. The highest BCUT2D eigenvalue weighted by atomic mass is 35.5. The van der Waals surface area contributed by atoms with E-state index < -0.39 is 5.97 Å². The van der Waals surface area contributed by atoms with Crippen LogP contribution in [0.4, 0.5) is 5.69 Å². The van der Waals surface area contributed by atoms with Crippen molar-refractivity contribution in [3.63, 3.8) is 0 Å². The Balaban J connectivity index is 2.09. The first-order chi connectivity index (χ1) is 9.61. The number of amides is 1. The number of rotatable bonds is 3. The Bertz CT molecular complexity index is 513. The Labute approximate surface area is 122 Å². The lowest BCUT2D eigenvalue weighted by atomic mass is 10.0. The van der Waals surface area contributed by atoms with E-state index in [1.165, 1.54) is 13.2 Å². The highest BCUT2D eigenvalue weighted by Crippen LogP contribution is 2.22. The van der Waals surface area contributed by atoms with Crippen LogP contribution in [0.1, 0.15) is 29.6 Å². The number of anilines is 1. The molecule has 1 aliphatic heterocycles. The molecule has 1 aromatic carbocycles. The third-order valence-electron chi connectivity index (χ3n) is 3.27. The molecule has 1 saturated heterocycles. The fraction of sp³-hybridized carbons (Fsp3) is 0.429. The number of piperidine rings is 1. The molecule has 1 amide bonds. The molecule has 5 nitrogen and oxygen atoms in total. The van der Waals surface area contributed by atoms with Gasteiger partial charge in [0.2, 0.25) is 5.91 Å². The minimum Gasteiger partial charge on any atom is -0.465 e. The van der Waals surface area contributed by atoms with E-state index in [4.69, 9.17) is 11.6 Å². The van der Waals surface area contributed by atoms with Crippen LogP contribution in [-0.2, 0) is 9.53 Å². The van der Waals surface area contributed by atoms with Gasteiger partial charge >= 0.3 is 5.97 Å². The molecule has 0 aromatic heterocycles. The smallest absolute Gasteiger partial charge is 0.339 e. The van der Waals surface area contributed by atoms with Crippen molar-refractivity contribution in [2.24, 2.45) is 0 Å². The van der Waals surface area contributed by atoms with Crippen molar-refractivity contribution in [1.29, 1.82) is 0 Å². The fourth-order valence-electron chi connectivity index (χ4n) is 2.17. The molecule has 20 heavy (non-hydrogen) atoms. The monoisotopic (exact) mass is 296 g/mol. The molecule has 0 aliphatic carbocycles. The Kier molecular flexibility index (Phi) is 4.98. The van der Waals surface area contributed by atoms with Crippen LogP contribution in [-0.4, -0.2) is 31.6 Å². The zero-order valence-corrected chi connectivity index (χ0v) is 12.0. The molecule has 1 heterocycles. The van der Waals surface area contributed by atoms with Crippen LogP contribution in [0.15, 0.2) is 18.2 Å². The van der Waals surface area contributed by atoms with Crippen LogP contribution in [0.5, 0.6) is 0 Å². The van der Waals surface area contributed by atoms with Gasteiger partial charge in [0.15, 0.2) is 0 Å². The van der Waals surface area contributed by atoms with Crippen molar-refractivity contribution >= 4 is 29.2 Å². The molecule has 1 atom stereocenters. The van der Waals surface area contributed by atoms with E-state index in [0.717, 1.165) is 25.8 Å². The zero-order valence-electron chi connectivity index (χ0n) is 11.2. The second kappa shape index (κ2) is 6.72. The normalized spacial score (nSPS) is 18.4. The van der Waals surface area contributed by atoms with E-state index in [2.05, 4.69) is 15.4 Å². The number of benzene rings is 1. The Morgan fingerprint density at radius 3 is 2.85 bits per heavy atom. The van der Waals surface area contributed by atoms with E-state index in [1.54, 1.807) is 12.1 Å². The second-order valence-electron chi connectivity index (χ2n) is 4.68. The summed E-state index contributed by atoms with van der Waals surface area (Å²) in [5.41, 5.74) is 0.774. The van der Waals surface area contributed by atoms with E-state index in [-0.39, 0.29) is 17.5 Å². The SMILES string of the molecule is COC(=O)c1cc(NC(=O)[C@H]2CCCCN2)ccc1Cl. The van der Waals surface area contributed by atoms with Crippen molar-refractivity contribution in [2.75, 3.05) is 19.0 Å². The van der Waals surface area contributed by atoms with Crippen molar-refractivity contribution in [1.82, 2.24) is 5.32 Å². The summed E-state index contributed by atoms with van der Waals surface area (Å²) in [6.45, 7) is 0.853. The molecule has 1 aliphatic rings. The molecule has 2 N–H and O–H groups in total. The number of carbonyl (C=O) groups is 2. The van der Waals surface area contributed by atoms with Crippen molar-refractivity contribution < 1.29 is 14.3 Å². The van der Waals surface area contributed by atoms with E-state index >= 15 is 0 Å². The molecule has 108 valence electrons.